The van der Waals surface area contributed by atoms with E-state index in [0.717, 1.165) is 23.3 Å². The Morgan fingerprint density at radius 1 is 1.37 bits per heavy atom. The molecular weight excluding hydrogens is 260 g/mol. The molecule has 2 heterocycles. The van der Waals surface area contributed by atoms with Gasteiger partial charge < -0.3 is 10.2 Å². The quantitative estimate of drug-likeness (QED) is 0.584. The lowest BCUT2D eigenvalue weighted by molar-refractivity contribution is 0.489. The third kappa shape index (κ3) is 2.58. The highest BCUT2D eigenvalue weighted by molar-refractivity contribution is 7.99. The van der Waals surface area contributed by atoms with Crippen molar-refractivity contribution in [3.05, 3.63) is 36.2 Å². The summed E-state index contributed by atoms with van der Waals surface area (Å²) in [5, 5.41) is 4.82. The number of hydrogen-bond donors (Lipinski definition) is 1. The number of nitrogen functional groups attached to an aromatic ring is 1. The molecule has 0 spiro atoms. The Morgan fingerprint density at radius 3 is 3.05 bits per heavy atom. The molecule has 3 aromatic rings. The van der Waals surface area contributed by atoms with Gasteiger partial charge in [0, 0.05) is 30.4 Å². The number of nitrogens with two attached hydrogens (primary N) is 1. The van der Waals surface area contributed by atoms with E-state index in [1.54, 1.807) is 11.8 Å². The summed E-state index contributed by atoms with van der Waals surface area (Å²) in [5.74, 6) is 0.905. The molecule has 0 saturated carbocycles. The molecule has 0 saturated heterocycles. The van der Waals surface area contributed by atoms with Crippen molar-refractivity contribution in [3.8, 4) is 0 Å². The standard InChI is InChI=1S/C13H14N4OS/c1-17-10(4-6-15-17)5-7-19-13-16-11-8-9(14)2-3-12(11)18-13/h2-4,6,8H,5,7,14H2,1H3. The summed E-state index contributed by atoms with van der Waals surface area (Å²) in [6.45, 7) is 0. The summed E-state index contributed by atoms with van der Waals surface area (Å²) in [4.78, 5) is 4.41. The van der Waals surface area contributed by atoms with Gasteiger partial charge in [-0.25, -0.2) is 4.98 Å². The predicted molar refractivity (Wildman–Crippen MR) is 76.1 cm³/mol. The molecule has 2 N–H and O–H groups in total. The van der Waals surface area contributed by atoms with Gasteiger partial charge >= 0.3 is 0 Å². The molecule has 0 amide bonds. The summed E-state index contributed by atoms with van der Waals surface area (Å²) < 4.78 is 7.53. The van der Waals surface area contributed by atoms with Crippen LogP contribution >= 0.6 is 11.8 Å². The van der Waals surface area contributed by atoms with Crippen molar-refractivity contribution < 1.29 is 4.42 Å². The number of aromatic nitrogens is 3. The fraction of sp³-hybridized carbons (Fsp3) is 0.231. The minimum absolute atomic E-state index is 0.683. The van der Waals surface area contributed by atoms with Gasteiger partial charge in [-0.1, -0.05) is 11.8 Å². The molecular formula is C13H14N4OS. The smallest absolute Gasteiger partial charge is 0.256 e. The van der Waals surface area contributed by atoms with Crippen LogP contribution in [-0.4, -0.2) is 20.5 Å². The number of anilines is 1. The van der Waals surface area contributed by atoms with Gasteiger partial charge in [0.1, 0.15) is 5.52 Å². The van der Waals surface area contributed by atoms with E-state index in [-0.39, 0.29) is 0 Å². The van der Waals surface area contributed by atoms with Crippen LogP contribution in [0.15, 0.2) is 40.1 Å². The van der Waals surface area contributed by atoms with Crippen molar-refractivity contribution in [2.45, 2.75) is 11.6 Å². The van der Waals surface area contributed by atoms with Gasteiger partial charge in [-0.3, -0.25) is 4.68 Å². The average Bonchev–Trinajstić information content (AvgIpc) is 2.95. The number of benzene rings is 1. The zero-order valence-electron chi connectivity index (χ0n) is 10.5. The highest BCUT2D eigenvalue weighted by atomic mass is 32.2. The first kappa shape index (κ1) is 12.1. The van der Waals surface area contributed by atoms with Crippen molar-refractivity contribution >= 4 is 28.5 Å². The maximum Gasteiger partial charge on any atom is 0.256 e. The average molecular weight is 274 g/mol. The molecule has 19 heavy (non-hydrogen) atoms. The van der Waals surface area contributed by atoms with Crippen LogP contribution in [0.3, 0.4) is 0 Å². The van der Waals surface area contributed by atoms with Gasteiger partial charge in [0.15, 0.2) is 5.58 Å². The lowest BCUT2D eigenvalue weighted by atomic mass is 10.3. The van der Waals surface area contributed by atoms with Crippen LogP contribution in [0.2, 0.25) is 0 Å². The summed E-state index contributed by atoms with van der Waals surface area (Å²) >= 11 is 1.60. The maximum absolute atomic E-state index is 5.72. The zero-order valence-corrected chi connectivity index (χ0v) is 11.4. The second-order valence-corrected chi connectivity index (χ2v) is 5.30. The molecule has 0 fully saturated rings. The van der Waals surface area contributed by atoms with E-state index in [2.05, 4.69) is 10.1 Å². The van der Waals surface area contributed by atoms with E-state index in [4.69, 9.17) is 10.2 Å². The molecule has 2 aromatic heterocycles. The number of nitrogens with zero attached hydrogens (tertiary/aromatic N) is 3. The maximum atomic E-state index is 5.72. The van der Waals surface area contributed by atoms with E-state index in [1.165, 1.54) is 5.69 Å². The number of rotatable bonds is 4. The van der Waals surface area contributed by atoms with Crippen LogP contribution in [0.4, 0.5) is 5.69 Å². The molecule has 0 unspecified atom stereocenters. The highest BCUT2D eigenvalue weighted by Crippen LogP contribution is 2.25. The molecule has 0 bridgehead atoms. The second kappa shape index (κ2) is 4.97. The predicted octanol–water partition coefficient (Wildman–Crippen LogP) is 2.48. The van der Waals surface area contributed by atoms with Crippen LogP contribution in [0.5, 0.6) is 0 Å². The van der Waals surface area contributed by atoms with Crippen molar-refractivity contribution in [3.63, 3.8) is 0 Å². The fourth-order valence-corrected chi connectivity index (χ4v) is 2.67. The normalized spacial score (nSPS) is 11.2. The van der Waals surface area contributed by atoms with Gasteiger partial charge in [-0.15, -0.1) is 0 Å². The Bertz CT molecular complexity index is 704. The summed E-state index contributed by atoms with van der Waals surface area (Å²) in [6.07, 6.45) is 2.74. The van der Waals surface area contributed by atoms with Crippen LogP contribution in [0.25, 0.3) is 11.1 Å². The number of fused-ring (bicyclic) bond motifs is 1. The minimum Gasteiger partial charge on any atom is -0.431 e. The molecule has 0 aliphatic carbocycles. The molecule has 0 aliphatic rings. The zero-order chi connectivity index (χ0) is 13.2. The van der Waals surface area contributed by atoms with Gasteiger partial charge in [-0.05, 0) is 30.7 Å². The van der Waals surface area contributed by atoms with Gasteiger partial charge in [0.05, 0.1) is 0 Å². The molecule has 98 valence electrons. The van der Waals surface area contributed by atoms with Crippen LogP contribution < -0.4 is 5.73 Å². The fourth-order valence-electron chi connectivity index (χ4n) is 1.87. The molecule has 0 atom stereocenters. The lowest BCUT2D eigenvalue weighted by Crippen LogP contribution is -1.99. The van der Waals surface area contributed by atoms with Gasteiger partial charge in [0.25, 0.3) is 5.22 Å². The monoisotopic (exact) mass is 274 g/mol. The largest absolute Gasteiger partial charge is 0.431 e. The van der Waals surface area contributed by atoms with Crippen LogP contribution in [0, 0.1) is 0 Å². The highest BCUT2D eigenvalue weighted by Gasteiger charge is 2.07. The summed E-state index contributed by atoms with van der Waals surface area (Å²) in [7, 11) is 1.95. The molecule has 0 aliphatic heterocycles. The van der Waals surface area contributed by atoms with Crippen molar-refractivity contribution in [2.75, 3.05) is 11.5 Å². The topological polar surface area (TPSA) is 69.9 Å². The van der Waals surface area contributed by atoms with E-state index < -0.39 is 0 Å². The summed E-state index contributed by atoms with van der Waals surface area (Å²) in [6, 6.07) is 7.51. The minimum atomic E-state index is 0.683. The number of thioether (sulfide) groups is 1. The Morgan fingerprint density at radius 2 is 2.26 bits per heavy atom. The Hall–Kier alpha value is -1.95. The van der Waals surface area contributed by atoms with E-state index in [0.29, 0.717) is 10.9 Å². The Balaban J connectivity index is 1.67. The molecule has 3 rings (SSSR count). The lowest BCUT2D eigenvalue weighted by Gasteiger charge is -1.99. The van der Waals surface area contributed by atoms with Crippen molar-refractivity contribution in [1.82, 2.24) is 14.8 Å². The number of hydrogen-bond acceptors (Lipinski definition) is 5. The van der Waals surface area contributed by atoms with Crippen LogP contribution in [-0.2, 0) is 13.5 Å². The van der Waals surface area contributed by atoms with E-state index in [1.807, 2.05) is 42.2 Å². The number of oxazole rings is 1. The first-order valence-electron chi connectivity index (χ1n) is 5.98. The molecule has 0 radical (unpaired) electrons. The van der Waals surface area contributed by atoms with Gasteiger partial charge in [0.2, 0.25) is 0 Å². The van der Waals surface area contributed by atoms with E-state index >= 15 is 0 Å². The van der Waals surface area contributed by atoms with Crippen molar-refractivity contribution in [1.29, 1.82) is 0 Å². The SMILES string of the molecule is Cn1nccc1CCSc1nc2cc(N)ccc2o1. The van der Waals surface area contributed by atoms with Crippen LogP contribution in [0.1, 0.15) is 5.69 Å². The van der Waals surface area contributed by atoms with Crippen molar-refractivity contribution in [2.24, 2.45) is 7.05 Å². The summed E-state index contributed by atoms with van der Waals surface area (Å²) in [5.41, 5.74) is 9.20. The Labute approximate surface area is 114 Å². The van der Waals surface area contributed by atoms with Gasteiger partial charge in [-0.2, -0.15) is 5.10 Å². The second-order valence-electron chi connectivity index (χ2n) is 4.25. The molecule has 6 heteroatoms. The third-order valence-corrected chi connectivity index (χ3v) is 3.73. The third-order valence-electron chi connectivity index (χ3n) is 2.90. The molecule has 1 aromatic carbocycles. The first-order chi connectivity index (χ1) is 9.22. The molecule has 5 nitrogen and oxygen atoms in total. The van der Waals surface area contributed by atoms with E-state index in [9.17, 15) is 0 Å². The number of aryl methyl sites for hydroxylation is 2. The Kier molecular flexibility index (Phi) is 3.16. The first-order valence-corrected chi connectivity index (χ1v) is 6.97.